The molecule has 0 aliphatic heterocycles. The van der Waals surface area contributed by atoms with Crippen LogP contribution in [0.25, 0.3) is 0 Å². The van der Waals surface area contributed by atoms with E-state index in [1.165, 1.54) is 5.56 Å². The van der Waals surface area contributed by atoms with Crippen molar-refractivity contribution in [3.05, 3.63) is 94.7 Å². The lowest BCUT2D eigenvalue weighted by atomic mass is 10.1. The number of nitrogens with one attached hydrogen (secondary N) is 1. The van der Waals surface area contributed by atoms with E-state index < -0.39 is 0 Å². The maximum Gasteiger partial charge on any atom is 0.291 e. The number of benzene rings is 2. The number of furan rings is 1. The average molecular weight is 446 g/mol. The zero-order valence-corrected chi connectivity index (χ0v) is 19.2. The van der Waals surface area contributed by atoms with E-state index in [1.54, 1.807) is 29.2 Å². The van der Waals surface area contributed by atoms with Crippen LogP contribution >= 0.6 is 0 Å². The van der Waals surface area contributed by atoms with Gasteiger partial charge in [0, 0.05) is 0 Å². The van der Waals surface area contributed by atoms with Crippen molar-refractivity contribution in [2.45, 2.75) is 41.0 Å². The third kappa shape index (κ3) is 5.44. The van der Waals surface area contributed by atoms with Gasteiger partial charge in [0.2, 0.25) is 0 Å². The summed E-state index contributed by atoms with van der Waals surface area (Å²) < 4.78 is 19.0. The van der Waals surface area contributed by atoms with Gasteiger partial charge in [0.05, 0.1) is 18.1 Å². The van der Waals surface area contributed by atoms with Crippen LogP contribution in [0.1, 0.15) is 38.6 Å². The monoisotopic (exact) mass is 445 g/mol. The van der Waals surface area contributed by atoms with E-state index >= 15 is 0 Å². The summed E-state index contributed by atoms with van der Waals surface area (Å²) in [5.41, 5.74) is 4.90. The number of ether oxygens (including phenoxy) is 2. The quantitative estimate of drug-likeness (QED) is 0.383. The van der Waals surface area contributed by atoms with Crippen molar-refractivity contribution < 1.29 is 18.7 Å². The minimum absolute atomic E-state index is 0.203. The van der Waals surface area contributed by atoms with Crippen molar-refractivity contribution in [1.29, 1.82) is 0 Å². The van der Waals surface area contributed by atoms with Crippen molar-refractivity contribution in [2.24, 2.45) is 0 Å². The van der Waals surface area contributed by atoms with E-state index in [0.29, 0.717) is 11.4 Å². The molecule has 170 valence electrons. The van der Waals surface area contributed by atoms with E-state index in [9.17, 15) is 4.79 Å². The molecule has 0 spiro atoms. The molecule has 33 heavy (non-hydrogen) atoms. The lowest BCUT2D eigenvalue weighted by Crippen LogP contribution is -2.10. The molecule has 2 aromatic heterocycles. The van der Waals surface area contributed by atoms with Crippen LogP contribution < -0.4 is 14.8 Å². The molecule has 2 heterocycles. The predicted octanol–water partition coefficient (Wildman–Crippen LogP) is 5.58. The SMILES string of the molecule is Cc1ccc(OCn2cc(NC(=O)c3ccc(COc4c(C)cccc4C)o3)cn2)c(C)c1. The Labute approximate surface area is 192 Å². The molecule has 0 fully saturated rings. The Morgan fingerprint density at radius 1 is 1.00 bits per heavy atom. The largest absolute Gasteiger partial charge is 0.485 e. The van der Waals surface area contributed by atoms with Crippen LogP contribution in [0, 0.1) is 27.7 Å². The molecule has 0 saturated heterocycles. The Hall–Kier alpha value is -4.00. The van der Waals surface area contributed by atoms with Crippen molar-refractivity contribution >= 4 is 11.6 Å². The Bertz CT molecular complexity index is 1250. The van der Waals surface area contributed by atoms with Gasteiger partial charge < -0.3 is 19.2 Å². The average Bonchev–Trinajstić information content (AvgIpc) is 3.42. The van der Waals surface area contributed by atoms with Crippen molar-refractivity contribution in [3.8, 4) is 11.5 Å². The van der Waals surface area contributed by atoms with Gasteiger partial charge in [-0.1, -0.05) is 35.9 Å². The first-order valence-electron chi connectivity index (χ1n) is 10.7. The lowest BCUT2D eigenvalue weighted by molar-refractivity contribution is 0.0992. The molecule has 2 aromatic carbocycles. The highest BCUT2D eigenvalue weighted by Gasteiger charge is 2.14. The van der Waals surface area contributed by atoms with E-state index in [1.807, 2.05) is 58.0 Å². The van der Waals surface area contributed by atoms with Crippen LogP contribution in [0.4, 0.5) is 5.69 Å². The molecule has 7 heteroatoms. The summed E-state index contributed by atoms with van der Waals surface area (Å²) in [6.07, 6.45) is 3.27. The van der Waals surface area contributed by atoms with E-state index in [0.717, 1.165) is 28.2 Å². The Balaban J connectivity index is 1.32. The molecule has 0 aliphatic rings. The van der Waals surface area contributed by atoms with Crippen molar-refractivity contribution in [2.75, 3.05) is 5.32 Å². The van der Waals surface area contributed by atoms with Crippen LogP contribution in [0.15, 0.2) is 65.3 Å². The molecule has 0 unspecified atom stereocenters. The number of hydrogen-bond donors (Lipinski definition) is 1. The second-order valence-corrected chi connectivity index (χ2v) is 8.04. The fourth-order valence-electron chi connectivity index (χ4n) is 3.54. The number of nitrogens with zero attached hydrogens (tertiary/aromatic N) is 2. The zero-order valence-electron chi connectivity index (χ0n) is 19.2. The highest BCUT2D eigenvalue weighted by Crippen LogP contribution is 2.24. The molecule has 0 bridgehead atoms. The number of anilines is 1. The smallest absolute Gasteiger partial charge is 0.291 e. The summed E-state index contributed by atoms with van der Waals surface area (Å²) in [5.74, 6) is 2.04. The Morgan fingerprint density at radius 2 is 1.79 bits per heavy atom. The van der Waals surface area contributed by atoms with Gasteiger partial charge in [-0.15, -0.1) is 0 Å². The first-order valence-corrected chi connectivity index (χ1v) is 10.7. The topological polar surface area (TPSA) is 78.5 Å². The lowest BCUT2D eigenvalue weighted by Gasteiger charge is -2.10. The number of rotatable bonds is 8. The summed E-state index contributed by atoms with van der Waals surface area (Å²) in [7, 11) is 0. The van der Waals surface area contributed by atoms with Crippen LogP contribution in [0.2, 0.25) is 0 Å². The Kier molecular flexibility index (Phi) is 6.49. The highest BCUT2D eigenvalue weighted by atomic mass is 16.5. The summed E-state index contributed by atoms with van der Waals surface area (Å²) in [4.78, 5) is 12.6. The van der Waals surface area contributed by atoms with Gasteiger partial charge in [0.1, 0.15) is 23.9 Å². The molecule has 0 saturated carbocycles. The maximum atomic E-state index is 12.6. The number of carbonyl (C=O) groups is 1. The molecular weight excluding hydrogens is 418 g/mol. The molecule has 1 amide bonds. The van der Waals surface area contributed by atoms with Gasteiger partial charge in [-0.3, -0.25) is 4.79 Å². The number of amides is 1. The van der Waals surface area contributed by atoms with Crippen LogP contribution in [0.5, 0.6) is 11.5 Å². The van der Waals surface area contributed by atoms with E-state index in [2.05, 4.69) is 16.5 Å². The number of aromatic nitrogens is 2. The predicted molar refractivity (Wildman–Crippen MR) is 126 cm³/mol. The minimum atomic E-state index is -0.358. The van der Waals surface area contributed by atoms with Crippen LogP contribution in [-0.4, -0.2) is 15.7 Å². The fourth-order valence-corrected chi connectivity index (χ4v) is 3.54. The van der Waals surface area contributed by atoms with Gasteiger partial charge in [0.15, 0.2) is 12.5 Å². The number of aryl methyl sites for hydroxylation is 4. The molecule has 0 atom stereocenters. The summed E-state index contributed by atoms with van der Waals surface area (Å²) in [6, 6.07) is 15.4. The molecular formula is C26H27N3O4. The molecule has 7 nitrogen and oxygen atoms in total. The number of carbonyl (C=O) groups excluding carboxylic acids is 1. The van der Waals surface area contributed by atoms with E-state index in [4.69, 9.17) is 13.9 Å². The normalized spacial score (nSPS) is 10.8. The van der Waals surface area contributed by atoms with Crippen molar-refractivity contribution in [3.63, 3.8) is 0 Å². The third-order valence-electron chi connectivity index (χ3n) is 5.23. The van der Waals surface area contributed by atoms with Gasteiger partial charge in [0.25, 0.3) is 5.91 Å². The maximum absolute atomic E-state index is 12.6. The highest BCUT2D eigenvalue weighted by molar-refractivity contribution is 6.02. The van der Waals surface area contributed by atoms with Crippen molar-refractivity contribution in [1.82, 2.24) is 9.78 Å². The number of para-hydroxylation sites is 1. The summed E-state index contributed by atoms with van der Waals surface area (Å²) in [6.45, 7) is 8.52. The second-order valence-electron chi connectivity index (χ2n) is 8.04. The van der Waals surface area contributed by atoms with Crippen LogP contribution in [0.3, 0.4) is 0 Å². The molecule has 0 radical (unpaired) electrons. The van der Waals surface area contributed by atoms with Gasteiger partial charge in [-0.25, -0.2) is 4.68 Å². The molecule has 1 N–H and O–H groups in total. The minimum Gasteiger partial charge on any atom is -0.485 e. The molecule has 0 aliphatic carbocycles. The zero-order chi connectivity index (χ0) is 23.4. The fraction of sp³-hybridized carbons (Fsp3) is 0.231. The molecule has 4 rings (SSSR count). The van der Waals surface area contributed by atoms with Gasteiger partial charge >= 0.3 is 0 Å². The molecule has 4 aromatic rings. The van der Waals surface area contributed by atoms with E-state index in [-0.39, 0.29) is 25.0 Å². The van der Waals surface area contributed by atoms with Gasteiger partial charge in [-0.05, 0) is 62.6 Å². The second kappa shape index (κ2) is 9.65. The standard InChI is InChI=1S/C26H27N3O4/c1-17-8-10-23(20(4)12-17)32-16-29-14-21(13-27-29)28-26(30)24-11-9-22(33-24)15-31-25-18(2)6-5-7-19(25)3/h5-14H,15-16H2,1-4H3,(H,28,30). The first-order chi connectivity index (χ1) is 15.9. The third-order valence-corrected chi connectivity index (χ3v) is 5.23. The Morgan fingerprint density at radius 3 is 2.55 bits per heavy atom. The van der Waals surface area contributed by atoms with Gasteiger partial charge in [-0.2, -0.15) is 5.10 Å². The summed E-state index contributed by atoms with van der Waals surface area (Å²) in [5, 5.41) is 7.02. The van der Waals surface area contributed by atoms with Crippen LogP contribution in [-0.2, 0) is 13.3 Å². The number of hydrogen-bond acceptors (Lipinski definition) is 5. The first kappa shape index (κ1) is 22.2. The summed E-state index contributed by atoms with van der Waals surface area (Å²) >= 11 is 0.